The summed E-state index contributed by atoms with van der Waals surface area (Å²) in [5.41, 5.74) is 1.05. The van der Waals surface area contributed by atoms with Gasteiger partial charge in [0.15, 0.2) is 0 Å². The molecule has 0 amide bonds. The van der Waals surface area contributed by atoms with Gasteiger partial charge in [-0.2, -0.15) is 10.4 Å². The van der Waals surface area contributed by atoms with Gasteiger partial charge in [-0.3, -0.25) is 4.57 Å². The Morgan fingerprint density at radius 1 is 1.53 bits per heavy atom. The van der Waals surface area contributed by atoms with Crippen molar-refractivity contribution in [3.63, 3.8) is 0 Å². The predicted octanol–water partition coefficient (Wildman–Crippen LogP) is 1.16. The van der Waals surface area contributed by atoms with Crippen molar-refractivity contribution in [2.24, 2.45) is 7.05 Å². The largest absolute Gasteiger partial charge is 0.345 e. The average Bonchev–Trinajstić information content (AvgIpc) is 2.63. The summed E-state index contributed by atoms with van der Waals surface area (Å²) >= 11 is 6.02. The van der Waals surface area contributed by atoms with Gasteiger partial charge in [-0.25, -0.2) is 9.48 Å². The highest BCUT2D eigenvalue weighted by atomic mass is 35.5. The molecule has 2 aromatic rings. The molecule has 0 spiro atoms. The Labute approximate surface area is 102 Å². The fourth-order valence-corrected chi connectivity index (χ4v) is 1.68. The van der Waals surface area contributed by atoms with Crippen molar-refractivity contribution in [1.82, 2.24) is 14.3 Å². The van der Waals surface area contributed by atoms with E-state index in [4.69, 9.17) is 16.9 Å². The zero-order valence-electron chi connectivity index (χ0n) is 9.09. The number of hydrogen-bond donors (Lipinski definition) is 0. The van der Waals surface area contributed by atoms with Crippen molar-refractivity contribution in [2.45, 2.75) is 6.54 Å². The lowest BCUT2D eigenvalue weighted by Crippen LogP contribution is -2.23. The van der Waals surface area contributed by atoms with Crippen LogP contribution in [0.15, 0.2) is 29.3 Å². The highest BCUT2D eigenvalue weighted by molar-refractivity contribution is 6.31. The van der Waals surface area contributed by atoms with E-state index in [2.05, 4.69) is 5.10 Å². The first-order valence-corrected chi connectivity index (χ1v) is 5.26. The van der Waals surface area contributed by atoms with Gasteiger partial charge < -0.3 is 0 Å². The smallest absolute Gasteiger partial charge is 0.285 e. The van der Waals surface area contributed by atoms with Gasteiger partial charge in [-0.1, -0.05) is 17.7 Å². The first-order chi connectivity index (χ1) is 8.11. The van der Waals surface area contributed by atoms with Crippen LogP contribution in [0.4, 0.5) is 0 Å². The molecule has 0 N–H and O–H groups in total. The van der Waals surface area contributed by atoms with Crippen LogP contribution >= 0.6 is 11.6 Å². The third-order valence-corrected chi connectivity index (χ3v) is 2.74. The van der Waals surface area contributed by atoms with Gasteiger partial charge in [-0.15, -0.1) is 0 Å². The zero-order chi connectivity index (χ0) is 12.4. The fraction of sp³-hybridized carbons (Fsp3) is 0.182. The third-order valence-electron chi connectivity index (χ3n) is 2.39. The molecule has 0 aliphatic rings. The molecule has 2 rings (SSSR count). The van der Waals surface area contributed by atoms with E-state index < -0.39 is 0 Å². The molecular formula is C11H9ClN4O. The van der Waals surface area contributed by atoms with Gasteiger partial charge >= 0.3 is 5.69 Å². The molecule has 17 heavy (non-hydrogen) atoms. The first-order valence-electron chi connectivity index (χ1n) is 4.89. The molecule has 0 aliphatic heterocycles. The number of rotatable bonds is 2. The topological polar surface area (TPSA) is 63.6 Å². The lowest BCUT2D eigenvalue weighted by atomic mass is 10.1. The lowest BCUT2D eigenvalue weighted by molar-refractivity contribution is 0.647. The van der Waals surface area contributed by atoms with E-state index in [1.165, 1.54) is 15.6 Å². The summed E-state index contributed by atoms with van der Waals surface area (Å²) < 4.78 is 2.70. The maximum Gasteiger partial charge on any atom is 0.345 e. The second kappa shape index (κ2) is 4.44. The van der Waals surface area contributed by atoms with Gasteiger partial charge in [0.2, 0.25) is 0 Å². The van der Waals surface area contributed by atoms with Gasteiger partial charge in [0.05, 0.1) is 18.2 Å². The molecule has 1 heterocycles. The molecule has 0 bridgehead atoms. The summed E-state index contributed by atoms with van der Waals surface area (Å²) in [7, 11) is 1.63. The van der Waals surface area contributed by atoms with Crippen LogP contribution in [0, 0.1) is 11.3 Å². The minimum absolute atomic E-state index is 0.203. The Morgan fingerprint density at radius 2 is 2.29 bits per heavy atom. The fourth-order valence-electron chi connectivity index (χ4n) is 1.44. The summed E-state index contributed by atoms with van der Waals surface area (Å²) in [5.74, 6) is 0. The van der Waals surface area contributed by atoms with E-state index in [1.807, 2.05) is 6.07 Å². The Bertz CT molecular complexity index is 650. The maximum absolute atomic E-state index is 11.6. The Hall–Kier alpha value is -2.06. The van der Waals surface area contributed by atoms with Crippen LogP contribution in [0.2, 0.25) is 5.02 Å². The van der Waals surface area contributed by atoms with Crippen molar-refractivity contribution in [1.29, 1.82) is 5.26 Å². The number of nitriles is 1. The normalized spacial score (nSPS) is 10.2. The maximum atomic E-state index is 11.6. The van der Waals surface area contributed by atoms with Crippen LogP contribution in [-0.2, 0) is 13.6 Å². The molecular weight excluding hydrogens is 240 g/mol. The number of nitrogens with zero attached hydrogens (tertiary/aromatic N) is 4. The summed E-state index contributed by atoms with van der Waals surface area (Å²) in [6.45, 7) is 0.296. The second-order valence-corrected chi connectivity index (χ2v) is 4.01. The van der Waals surface area contributed by atoms with Crippen LogP contribution in [0.3, 0.4) is 0 Å². The number of hydrogen-bond acceptors (Lipinski definition) is 3. The Balaban J connectivity index is 2.34. The molecule has 5 nitrogen and oxygen atoms in total. The Morgan fingerprint density at radius 3 is 2.82 bits per heavy atom. The summed E-state index contributed by atoms with van der Waals surface area (Å²) in [4.78, 5) is 11.6. The number of aromatic nitrogens is 3. The molecule has 0 saturated heterocycles. The molecule has 1 aromatic heterocycles. The number of halogens is 1. The van der Waals surface area contributed by atoms with Crippen LogP contribution in [0.25, 0.3) is 0 Å². The standard InChI is InChI=1S/C11H9ClN4O/c1-15-7-14-16(11(15)17)6-9-3-2-8(5-13)4-10(9)12/h2-4,7H,6H2,1H3. The third kappa shape index (κ3) is 2.22. The molecule has 0 fully saturated rings. The van der Waals surface area contributed by atoms with E-state index in [9.17, 15) is 4.79 Å². The molecule has 1 aromatic carbocycles. The second-order valence-electron chi connectivity index (χ2n) is 3.60. The zero-order valence-corrected chi connectivity index (χ0v) is 9.85. The highest BCUT2D eigenvalue weighted by Gasteiger charge is 2.06. The first kappa shape index (κ1) is 11.4. The van der Waals surface area contributed by atoms with Crippen molar-refractivity contribution in [2.75, 3.05) is 0 Å². The quantitative estimate of drug-likeness (QED) is 0.801. The van der Waals surface area contributed by atoms with Gasteiger partial charge in [0.25, 0.3) is 0 Å². The summed E-state index contributed by atoms with van der Waals surface area (Å²) in [6.07, 6.45) is 1.44. The van der Waals surface area contributed by atoms with E-state index in [1.54, 1.807) is 25.2 Å². The highest BCUT2D eigenvalue weighted by Crippen LogP contribution is 2.17. The molecule has 0 saturated carbocycles. The van der Waals surface area contributed by atoms with Crippen LogP contribution in [0.1, 0.15) is 11.1 Å². The van der Waals surface area contributed by atoms with Crippen molar-refractivity contribution >= 4 is 11.6 Å². The SMILES string of the molecule is Cn1cnn(Cc2ccc(C#N)cc2Cl)c1=O. The number of aryl methyl sites for hydroxylation is 1. The van der Waals surface area contributed by atoms with Crippen LogP contribution in [-0.4, -0.2) is 14.3 Å². The molecule has 0 atom stereocenters. The van der Waals surface area contributed by atoms with Gasteiger partial charge in [0.1, 0.15) is 6.33 Å². The Kier molecular flexibility index (Phi) is 2.98. The molecule has 0 radical (unpaired) electrons. The minimum Gasteiger partial charge on any atom is -0.285 e. The number of benzene rings is 1. The molecule has 0 aliphatic carbocycles. The van der Waals surface area contributed by atoms with Crippen LogP contribution < -0.4 is 5.69 Å². The van der Waals surface area contributed by atoms with E-state index in [0.717, 1.165) is 5.56 Å². The lowest BCUT2D eigenvalue weighted by Gasteiger charge is -2.03. The molecule has 6 heteroatoms. The molecule has 0 unspecified atom stereocenters. The van der Waals surface area contributed by atoms with Crippen molar-refractivity contribution in [3.05, 3.63) is 51.2 Å². The van der Waals surface area contributed by atoms with E-state index in [0.29, 0.717) is 17.1 Å². The van der Waals surface area contributed by atoms with Crippen molar-refractivity contribution in [3.8, 4) is 6.07 Å². The van der Waals surface area contributed by atoms with E-state index in [-0.39, 0.29) is 5.69 Å². The van der Waals surface area contributed by atoms with Gasteiger partial charge in [-0.05, 0) is 17.7 Å². The molecule has 86 valence electrons. The minimum atomic E-state index is -0.203. The van der Waals surface area contributed by atoms with E-state index >= 15 is 0 Å². The van der Waals surface area contributed by atoms with Crippen LogP contribution in [0.5, 0.6) is 0 Å². The van der Waals surface area contributed by atoms with Crippen molar-refractivity contribution < 1.29 is 0 Å². The summed E-state index contributed by atoms with van der Waals surface area (Å²) in [6, 6.07) is 6.96. The monoisotopic (exact) mass is 248 g/mol. The predicted molar refractivity (Wildman–Crippen MR) is 62.7 cm³/mol. The van der Waals surface area contributed by atoms with Gasteiger partial charge in [0, 0.05) is 12.1 Å². The average molecular weight is 249 g/mol. The summed E-state index contributed by atoms with van der Waals surface area (Å²) in [5, 5.41) is 13.1.